The summed E-state index contributed by atoms with van der Waals surface area (Å²) in [4.78, 5) is 4.91. The molecule has 0 aromatic carbocycles. The van der Waals surface area contributed by atoms with Gasteiger partial charge in [0, 0.05) is 71.7 Å². The van der Waals surface area contributed by atoms with Gasteiger partial charge in [0.25, 0.3) is 0 Å². The van der Waals surface area contributed by atoms with Crippen LogP contribution in [-0.2, 0) is 18.9 Å². The van der Waals surface area contributed by atoms with E-state index in [-0.39, 0.29) is 6.10 Å². The lowest BCUT2D eigenvalue weighted by atomic mass is 10.1. The zero-order chi connectivity index (χ0) is 38.9. The smallest absolute Gasteiger partial charge is 0.104 e. The number of aliphatic hydroxyl groups excluding tert-OH is 1. The van der Waals surface area contributed by atoms with Crippen molar-refractivity contribution in [1.29, 1.82) is 0 Å². The summed E-state index contributed by atoms with van der Waals surface area (Å²) >= 11 is 0. The number of aliphatic hydroxyl groups is 1. The molecule has 3 aliphatic heterocycles. The lowest BCUT2D eigenvalue weighted by Crippen LogP contribution is -2.39. The Morgan fingerprint density at radius 2 is 1.17 bits per heavy atom. The van der Waals surface area contributed by atoms with E-state index in [2.05, 4.69) is 75.3 Å². The van der Waals surface area contributed by atoms with E-state index >= 15 is 0 Å². The number of ether oxygens (including phenoxy) is 4. The number of hydrogen-bond donors (Lipinski definition) is 2. The molecule has 8 nitrogen and oxygen atoms in total. The van der Waals surface area contributed by atoms with E-state index in [1.165, 1.54) is 94.4 Å². The third-order valence-electron chi connectivity index (χ3n) is 10.7. The summed E-state index contributed by atoms with van der Waals surface area (Å²) in [7, 11) is -3.73. The fraction of sp³-hybridized carbons (Fsp3) is 1.00. The van der Waals surface area contributed by atoms with Crippen molar-refractivity contribution < 1.29 is 24.1 Å². The van der Waals surface area contributed by atoms with Gasteiger partial charge in [0.2, 0.25) is 0 Å². The topological polar surface area (TPSA) is 93.0 Å². The Morgan fingerprint density at radius 1 is 0.654 bits per heavy atom. The molecule has 312 valence electrons. The van der Waals surface area contributed by atoms with Crippen LogP contribution in [0.15, 0.2) is 0 Å². The molecule has 12 heteroatoms. The molecule has 0 bridgehead atoms. The normalized spacial score (nSPS) is 19.7. The van der Waals surface area contributed by atoms with Crippen LogP contribution in [0.4, 0.5) is 0 Å². The highest BCUT2D eigenvalue weighted by molar-refractivity contribution is 6.82. The minimum Gasteiger partial charge on any atom is -0.391 e. The van der Waals surface area contributed by atoms with Crippen LogP contribution < -0.4 is 5.73 Å². The number of epoxide rings is 1. The summed E-state index contributed by atoms with van der Waals surface area (Å²) in [6, 6.07) is 8.75. The Balaban J connectivity index is 0.000000441. The predicted molar refractivity (Wildman–Crippen MR) is 238 cm³/mol. The molecule has 0 aromatic rings. The van der Waals surface area contributed by atoms with Crippen LogP contribution in [0.5, 0.6) is 0 Å². The van der Waals surface area contributed by atoms with Crippen LogP contribution in [0.1, 0.15) is 51.4 Å². The standard InChI is InChI=1S/C21H47NO2Si2.C13H30O2Si2.C6H14N2O/c1-25(2,3)18-19-26(4,5)17-11-16-24-20-21(23)12-7-10-15-22-13-8-6-9-14-22;1-16(2,3)9-10-17(4,5)8-6-7-14-11-13-12-15-13;7-1-2-8-3-5-9-6-4-8/h21,23H,6-20H2,1-5H3;13H,6-12H2,1-5H3;1-7H2. The third-order valence-corrected chi connectivity index (χ3v) is 21.8. The van der Waals surface area contributed by atoms with Crippen molar-refractivity contribution in [2.75, 3.05) is 92.1 Å². The monoisotopic (exact) mass is 806 g/mol. The molecule has 0 saturated carbocycles. The first-order valence-corrected chi connectivity index (χ1v) is 35.8. The predicted octanol–water partition coefficient (Wildman–Crippen LogP) is 8.57. The van der Waals surface area contributed by atoms with Gasteiger partial charge < -0.3 is 34.7 Å². The number of likely N-dealkylation sites (tertiary alicyclic amines) is 1. The van der Waals surface area contributed by atoms with Crippen LogP contribution in [0.3, 0.4) is 0 Å². The van der Waals surface area contributed by atoms with Gasteiger partial charge in [0.1, 0.15) is 6.10 Å². The van der Waals surface area contributed by atoms with Crippen molar-refractivity contribution in [1.82, 2.24) is 9.80 Å². The van der Waals surface area contributed by atoms with Crippen molar-refractivity contribution in [2.24, 2.45) is 5.73 Å². The lowest BCUT2D eigenvalue weighted by Gasteiger charge is -2.26. The number of rotatable bonds is 25. The van der Waals surface area contributed by atoms with Crippen molar-refractivity contribution >= 4 is 32.3 Å². The van der Waals surface area contributed by atoms with Crippen LogP contribution in [0.2, 0.25) is 102 Å². The Morgan fingerprint density at radius 3 is 1.67 bits per heavy atom. The fourth-order valence-corrected chi connectivity index (χ4v) is 20.7. The summed E-state index contributed by atoms with van der Waals surface area (Å²) in [5.74, 6) is 0. The maximum absolute atomic E-state index is 10.1. The summed E-state index contributed by atoms with van der Waals surface area (Å²) in [6.07, 6.45) is 9.95. The second kappa shape index (κ2) is 28.0. The molecule has 3 saturated heterocycles. The van der Waals surface area contributed by atoms with Gasteiger partial charge >= 0.3 is 0 Å². The first-order chi connectivity index (χ1) is 24.4. The number of nitrogens with two attached hydrogens (primary N) is 1. The van der Waals surface area contributed by atoms with E-state index < -0.39 is 32.3 Å². The zero-order valence-corrected chi connectivity index (χ0v) is 40.5. The SMILES string of the molecule is C[Si](C)(C)CC[Si](C)(C)CCCOCC(O)CCCCN1CCCCC1.C[Si](C)(C)CC[Si](C)(C)CCCOCC1CO1.NCCN1CCOCC1. The van der Waals surface area contributed by atoms with Crippen molar-refractivity contribution in [3.05, 3.63) is 0 Å². The van der Waals surface area contributed by atoms with Crippen molar-refractivity contribution in [2.45, 2.75) is 165 Å². The summed E-state index contributed by atoms with van der Waals surface area (Å²) in [5, 5.41) is 10.1. The highest BCUT2D eigenvalue weighted by atomic mass is 28.3. The number of hydrogen-bond acceptors (Lipinski definition) is 8. The molecule has 0 aliphatic carbocycles. The van der Waals surface area contributed by atoms with Gasteiger partial charge in [-0.3, -0.25) is 4.90 Å². The molecular weight excluding hydrogens is 715 g/mol. The Labute approximate surface area is 328 Å². The van der Waals surface area contributed by atoms with Gasteiger partial charge in [-0.15, -0.1) is 0 Å². The number of unbranched alkanes of at least 4 members (excludes halogenated alkanes) is 1. The lowest BCUT2D eigenvalue weighted by molar-refractivity contribution is 0.0311. The molecule has 0 radical (unpaired) electrons. The van der Waals surface area contributed by atoms with Crippen molar-refractivity contribution in [3.63, 3.8) is 0 Å². The second-order valence-electron chi connectivity index (χ2n) is 20.1. The number of morpholine rings is 1. The maximum atomic E-state index is 10.1. The molecule has 3 rings (SSSR count). The van der Waals surface area contributed by atoms with Gasteiger partial charge in [0.05, 0.1) is 39.1 Å². The maximum Gasteiger partial charge on any atom is 0.104 e. The van der Waals surface area contributed by atoms with E-state index in [9.17, 15) is 5.11 Å². The molecule has 3 aliphatic rings. The first kappa shape index (κ1) is 50.6. The molecule has 0 amide bonds. The number of nitrogens with zero attached hydrogens (tertiary/aromatic N) is 2. The largest absolute Gasteiger partial charge is 0.391 e. The molecule has 0 spiro atoms. The summed E-state index contributed by atoms with van der Waals surface area (Å²) < 4.78 is 21.6. The fourth-order valence-electron chi connectivity index (χ4n) is 6.57. The average molecular weight is 807 g/mol. The molecule has 2 unspecified atom stereocenters. The zero-order valence-electron chi connectivity index (χ0n) is 36.5. The Kier molecular flexibility index (Phi) is 27.3. The quantitative estimate of drug-likeness (QED) is 0.0539. The Hall–Kier alpha value is 0.548. The van der Waals surface area contributed by atoms with Gasteiger partial charge in [0.15, 0.2) is 0 Å². The summed E-state index contributed by atoms with van der Waals surface area (Å²) in [5.41, 5.74) is 5.38. The molecule has 52 heavy (non-hydrogen) atoms. The Bertz CT molecular complexity index is 841. The van der Waals surface area contributed by atoms with Crippen molar-refractivity contribution in [3.8, 4) is 0 Å². The molecule has 3 N–H and O–H groups in total. The van der Waals surface area contributed by atoms with E-state index in [0.29, 0.717) is 12.7 Å². The molecule has 3 heterocycles. The van der Waals surface area contributed by atoms with Gasteiger partial charge in [-0.25, -0.2) is 0 Å². The molecule has 3 fully saturated rings. The first-order valence-electron chi connectivity index (χ1n) is 21.6. The highest BCUT2D eigenvalue weighted by Gasteiger charge is 2.26. The third kappa shape index (κ3) is 32.8. The summed E-state index contributed by atoms with van der Waals surface area (Å²) in [6.45, 7) is 38.5. The van der Waals surface area contributed by atoms with E-state index in [1.54, 1.807) is 0 Å². The van der Waals surface area contributed by atoms with E-state index in [0.717, 1.165) is 78.7 Å². The molecule has 0 aromatic heterocycles. The molecule has 2 atom stereocenters. The van der Waals surface area contributed by atoms with Crippen LogP contribution in [0, 0.1) is 0 Å². The van der Waals surface area contributed by atoms with Gasteiger partial charge in [-0.05, 0) is 64.6 Å². The van der Waals surface area contributed by atoms with Gasteiger partial charge in [-0.1, -0.05) is 108 Å². The van der Waals surface area contributed by atoms with Gasteiger partial charge in [-0.2, -0.15) is 0 Å². The second-order valence-corrected chi connectivity index (χ2v) is 42.0. The number of piperidine rings is 1. The molecular formula is C40H91N3O5Si4. The average Bonchev–Trinajstić information content (AvgIpc) is 3.91. The van der Waals surface area contributed by atoms with Crippen LogP contribution in [-0.4, -0.2) is 151 Å². The minimum absolute atomic E-state index is 0.270. The minimum atomic E-state index is -1.05. The van der Waals surface area contributed by atoms with E-state index in [4.69, 9.17) is 24.7 Å². The van der Waals surface area contributed by atoms with E-state index in [1.807, 2.05) is 0 Å². The highest BCUT2D eigenvalue weighted by Crippen LogP contribution is 2.25. The van der Waals surface area contributed by atoms with Crippen LogP contribution in [0.25, 0.3) is 0 Å². The van der Waals surface area contributed by atoms with Crippen LogP contribution >= 0.6 is 0 Å².